The molecule has 0 spiro atoms. The summed E-state index contributed by atoms with van der Waals surface area (Å²) >= 11 is 0. The lowest BCUT2D eigenvalue weighted by molar-refractivity contribution is 0.414. The molecular weight excluding hydrogens is 486 g/mol. The first-order chi connectivity index (χ1) is 19.2. The summed E-state index contributed by atoms with van der Waals surface area (Å²) in [5.74, 6) is 6.65. The fourth-order valence-electron chi connectivity index (χ4n) is 4.18. The summed E-state index contributed by atoms with van der Waals surface area (Å²) in [6, 6.07) is 30.5. The van der Waals surface area contributed by atoms with Gasteiger partial charge in [0.25, 0.3) is 0 Å². The number of methoxy groups -OCH3 is 1. The fourth-order valence-corrected chi connectivity index (χ4v) is 4.18. The van der Waals surface area contributed by atoms with Crippen molar-refractivity contribution in [3.8, 4) is 51.5 Å². The van der Waals surface area contributed by atoms with Crippen LogP contribution in [0.15, 0.2) is 119 Å². The second-order valence-electron chi connectivity index (χ2n) is 8.73. The monoisotopic (exact) mass is 507 g/mol. The first kappa shape index (κ1) is 23.8. The molecule has 4 heterocycles. The molecule has 0 aliphatic rings. The molecular formula is C33H21N3O3. The lowest BCUT2D eigenvalue weighted by atomic mass is 10.0. The van der Waals surface area contributed by atoms with E-state index in [2.05, 4.69) is 21.8 Å². The van der Waals surface area contributed by atoms with E-state index in [1.165, 1.54) is 0 Å². The van der Waals surface area contributed by atoms with Gasteiger partial charge in [0.05, 0.1) is 29.9 Å². The van der Waals surface area contributed by atoms with Crippen molar-refractivity contribution in [3.05, 3.63) is 131 Å². The van der Waals surface area contributed by atoms with Crippen molar-refractivity contribution < 1.29 is 9.15 Å². The fraction of sp³-hybridized carbons (Fsp3) is 0.0303. The van der Waals surface area contributed by atoms with Crippen LogP contribution in [0.4, 0.5) is 0 Å². The van der Waals surface area contributed by atoms with E-state index in [0.717, 1.165) is 44.9 Å². The molecule has 0 aliphatic heterocycles. The molecule has 0 unspecified atom stereocenters. The van der Waals surface area contributed by atoms with Gasteiger partial charge in [0.1, 0.15) is 16.9 Å². The Labute approximate surface area is 224 Å². The van der Waals surface area contributed by atoms with Gasteiger partial charge in [0.15, 0.2) is 0 Å². The Morgan fingerprint density at radius 1 is 0.692 bits per heavy atom. The molecule has 0 radical (unpaired) electrons. The van der Waals surface area contributed by atoms with Gasteiger partial charge in [-0.05, 0) is 77.9 Å². The Balaban J connectivity index is 1.34. The van der Waals surface area contributed by atoms with E-state index in [1.807, 2.05) is 84.9 Å². The van der Waals surface area contributed by atoms with Crippen LogP contribution in [0.25, 0.3) is 44.9 Å². The van der Waals surface area contributed by atoms with Crippen molar-refractivity contribution in [3.63, 3.8) is 0 Å². The van der Waals surface area contributed by atoms with Gasteiger partial charge in [-0.25, -0.2) is 9.78 Å². The van der Waals surface area contributed by atoms with E-state index in [4.69, 9.17) is 14.1 Å². The van der Waals surface area contributed by atoms with E-state index in [9.17, 15) is 4.79 Å². The summed E-state index contributed by atoms with van der Waals surface area (Å²) < 4.78 is 10.6. The summed E-state index contributed by atoms with van der Waals surface area (Å²) in [7, 11) is 1.57. The van der Waals surface area contributed by atoms with Crippen LogP contribution in [-0.4, -0.2) is 22.1 Å². The smallest absolute Gasteiger partial charge is 0.352 e. The molecule has 0 aliphatic carbocycles. The van der Waals surface area contributed by atoms with Crippen LogP contribution in [0.5, 0.6) is 5.75 Å². The molecule has 0 N–H and O–H groups in total. The minimum atomic E-state index is -0.485. The highest BCUT2D eigenvalue weighted by Crippen LogP contribution is 2.29. The van der Waals surface area contributed by atoms with Gasteiger partial charge >= 0.3 is 5.63 Å². The van der Waals surface area contributed by atoms with Gasteiger partial charge in [-0.15, -0.1) is 0 Å². The lowest BCUT2D eigenvalue weighted by Gasteiger charge is -2.09. The zero-order valence-corrected chi connectivity index (χ0v) is 21.0. The summed E-state index contributed by atoms with van der Waals surface area (Å²) in [5.41, 5.74) is 6.12. The molecule has 6 aromatic rings. The first-order valence-corrected chi connectivity index (χ1v) is 12.3. The van der Waals surface area contributed by atoms with Gasteiger partial charge in [0, 0.05) is 29.4 Å². The number of pyridine rings is 3. The van der Waals surface area contributed by atoms with Gasteiger partial charge in [-0.2, -0.15) is 0 Å². The maximum atomic E-state index is 12.5. The van der Waals surface area contributed by atoms with Crippen molar-refractivity contribution in [2.24, 2.45) is 0 Å². The molecule has 6 heteroatoms. The molecule has 4 aromatic heterocycles. The van der Waals surface area contributed by atoms with Gasteiger partial charge < -0.3 is 9.15 Å². The number of aromatic nitrogens is 3. The standard InChI is InChI=1S/C33H21N3O3/c1-38-27-15-14-24-18-25(33(37)39-32(24)21-27)13-10-22-8-11-23(12-9-22)26-19-30(28-6-2-4-16-34-28)36-31(20-26)29-7-3-5-17-35-29/h2-9,11-12,14-21H,1H3. The lowest BCUT2D eigenvalue weighted by Crippen LogP contribution is -2.03. The van der Waals surface area contributed by atoms with Gasteiger partial charge in [-0.3, -0.25) is 9.97 Å². The number of nitrogens with zero attached hydrogens (tertiary/aromatic N) is 3. The maximum Gasteiger partial charge on any atom is 0.352 e. The quantitative estimate of drug-likeness (QED) is 0.203. The molecule has 6 rings (SSSR count). The Bertz CT molecular complexity index is 1850. The molecule has 0 fully saturated rings. The van der Waals surface area contributed by atoms with Crippen molar-refractivity contribution in [2.75, 3.05) is 7.11 Å². The molecule has 186 valence electrons. The number of ether oxygens (including phenoxy) is 1. The SMILES string of the molecule is COc1ccc2cc(C#Cc3ccc(-c4cc(-c5ccccn5)nc(-c5ccccn5)c4)cc3)c(=O)oc2c1. The number of fused-ring (bicyclic) bond motifs is 1. The molecule has 0 bridgehead atoms. The highest BCUT2D eigenvalue weighted by atomic mass is 16.5. The second kappa shape index (κ2) is 10.4. The van der Waals surface area contributed by atoms with Crippen LogP contribution in [0, 0.1) is 11.8 Å². The highest BCUT2D eigenvalue weighted by molar-refractivity contribution is 5.79. The third-order valence-electron chi connectivity index (χ3n) is 6.18. The van der Waals surface area contributed by atoms with Crippen LogP contribution >= 0.6 is 0 Å². The van der Waals surface area contributed by atoms with Crippen molar-refractivity contribution in [1.82, 2.24) is 15.0 Å². The second-order valence-corrected chi connectivity index (χ2v) is 8.73. The first-order valence-electron chi connectivity index (χ1n) is 12.3. The Morgan fingerprint density at radius 3 is 2.00 bits per heavy atom. The predicted molar refractivity (Wildman–Crippen MR) is 151 cm³/mol. The Kier molecular flexibility index (Phi) is 6.38. The van der Waals surface area contributed by atoms with E-state index in [0.29, 0.717) is 16.9 Å². The van der Waals surface area contributed by atoms with Crippen molar-refractivity contribution in [2.45, 2.75) is 0 Å². The summed E-state index contributed by atoms with van der Waals surface area (Å²) in [6.07, 6.45) is 3.51. The molecule has 0 amide bonds. The third kappa shape index (κ3) is 5.15. The molecule has 6 nitrogen and oxygen atoms in total. The minimum absolute atomic E-state index is 0.297. The Morgan fingerprint density at radius 2 is 1.38 bits per heavy atom. The third-order valence-corrected chi connectivity index (χ3v) is 6.18. The van der Waals surface area contributed by atoms with Gasteiger partial charge in [-0.1, -0.05) is 36.1 Å². The summed E-state index contributed by atoms with van der Waals surface area (Å²) in [6.45, 7) is 0. The normalized spacial score (nSPS) is 10.6. The van der Waals surface area contributed by atoms with Crippen LogP contribution in [0.3, 0.4) is 0 Å². The summed E-state index contributed by atoms with van der Waals surface area (Å²) in [5, 5.41) is 0.778. The van der Waals surface area contributed by atoms with E-state index >= 15 is 0 Å². The minimum Gasteiger partial charge on any atom is -0.497 e. The topological polar surface area (TPSA) is 78.1 Å². The van der Waals surface area contributed by atoms with E-state index < -0.39 is 5.63 Å². The largest absolute Gasteiger partial charge is 0.497 e. The number of benzene rings is 2. The molecule has 0 saturated carbocycles. The van der Waals surface area contributed by atoms with Crippen LogP contribution < -0.4 is 10.4 Å². The van der Waals surface area contributed by atoms with Crippen LogP contribution in [-0.2, 0) is 0 Å². The van der Waals surface area contributed by atoms with E-state index in [-0.39, 0.29) is 0 Å². The number of rotatable bonds is 4. The average Bonchev–Trinajstić information content (AvgIpc) is 3.00. The molecule has 39 heavy (non-hydrogen) atoms. The molecule has 2 aromatic carbocycles. The highest BCUT2D eigenvalue weighted by Gasteiger charge is 2.10. The summed E-state index contributed by atoms with van der Waals surface area (Å²) in [4.78, 5) is 26.3. The predicted octanol–water partition coefficient (Wildman–Crippen LogP) is 6.39. The maximum absolute atomic E-state index is 12.5. The zero-order valence-electron chi connectivity index (χ0n) is 21.0. The number of hydrogen-bond acceptors (Lipinski definition) is 6. The average molecular weight is 508 g/mol. The van der Waals surface area contributed by atoms with Crippen LogP contribution in [0.1, 0.15) is 11.1 Å². The zero-order chi connectivity index (χ0) is 26.6. The Hall–Kier alpha value is -5.54. The van der Waals surface area contributed by atoms with E-state index in [1.54, 1.807) is 31.6 Å². The van der Waals surface area contributed by atoms with Gasteiger partial charge in [0.2, 0.25) is 0 Å². The van der Waals surface area contributed by atoms with Crippen LogP contribution in [0.2, 0.25) is 0 Å². The van der Waals surface area contributed by atoms with Crippen molar-refractivity contribution in [1.29, 1.82) is 0 Å². The molecule has 0 atom stereocenters. The van der Waals surface area contributed by atoms with Crippen molar-refractivity contribution >= 4 is 11.0 Å². The number of hydrogen-bond donors (Lipinski definition) is 0. The molecule has 0 saturated heterocycles.